The van der Waals surface area contributed by atoms with E-state index < -0.39 is 18.4 Å². The quantitative estimate of drug-likeness (QED) is 0.174. The number of hydrogen-bond donors (Lipinski definition) is 0. The molecule has 0 bridgehead atoms. The van der Waals surface area contributed by atoms with E-state index in [0.29, 0.717) is 5.58 Å². The minimum Gasteiger partial charge on any atom is -0.437 e. The Hall–Kier alpha value is -5.87. The molecule has 0 saturated carbocycles. The van der Waals surface area contributed by atoms with Gasteiger partial charge in [-0.25, -0.2) is 4.98 Å². The summed E-state index contributed by atoms with van der Waals surface area (Å²) in [4.78, 5) is 4.76. The highest BCUT2D eigenvalue weighted by Gasteiger charge is 2.67. The van der Waals surface area contributed by atoms with Crippen LogP contribution in [0.15, 0.2) is 120 Å². The number of furan rings is 1. The molecule has 2 aliphatic heterocycles. The first-order valence-electron chi connectivity index (χ1n) is 20.0. The topological polar surface area (TPSA) is 33.8 Å². The number of benzene rings is 4. The summed E-state index contributed by atoms with van der Waals surface area (Å²) < 4.78 is 47.7. The molecule has 4 nitrogen and oxygen atoms in total. The lowest BCUT2D eigenvalue weighted by atomic mass is 9.88. The second-order valence-corrected chi connectivity index (χ2v) is 14.7. The summed E-state index contributed by atoms with van der Waals surface area (Å²) in [6.07, 6.45) is -0.200. The molecule has 1 spiro atoms. The zero-order valence-electron chi connectivity index (χ0n) is 34.2. The molecule has 4 aromatic heterocycles. The molecular weight excluding hydrogens is 635 g/mol. The molecule has 10 rings (SSSR count). The number of hydrogen-bond acceptors (Lipinski definition) is 2. The first-order valence-corrected chi connectivity index (χ1v) is 18.0. The van der Waals surface area contributed by atoms with Crippen LogP contribution >= 0.6 is 0 Å². The fourth-order valence-electron chi connectivity index (χ4n) is 8.69. The zero-order chi connectivity index (χ0) is 39.1. The van der Waals surface area contributed by atoms with Crippen LogP contribution in [-0.4, -0.2) is 4.98 Å². The lowest BCUT2D eigenvalue weighted by molar-refractivity contribution is -0.955. The first-order chi connectivity index (χ1) is 26.7. The van der Waals surface area contributed by atoms with Crippen LogP contribution in [0, 0.1) is 41.5 Å². The Morgan fingerprint density at radius 2 is 1.33 bits per heavy atom. The summed E-state index contributed by atoms with van der Waals surface area (Å²) in [6, 6.07) is 34.2. The lowest BCUT2D eigenvalue weighted by Crippen LogP contribution is -2.71. The maximum Gasteiger partial charge on any atom is 0.417 e. The Morgan fingerprint density at radius 1 is 0.596 bits per heavy atom. The fourth-order valence-corrected chi connectivity index (χ4v) is 8.69. The number of rotatable bonds is 4. The van der Waals surface area contributed by atoms with Gasteiger partial charge in [-0.2, -0.15) is 0 Å². The number of nitrogens with zero attached hydrogens (tertiary/aromatic N) is 3. The second kappa shape index (κ2) is 11.1. The molecule has 8 aromatic rings. The van der Waals surface area contributed by atoms with Gasteiger partial charge in [0.25, 0.3) is 0 Å². The zero-order valence-corrected chi connectivity index (χ0v) is 30.2. The van der Waals surface area contributed by atoms with Crippen molar-refractivity contribution in [3.63, 3.8) is 0 Å². The molecule has 0 radical (unpaired) electrons. The van der Waals surface area contributed by atoms with E-state index >= 15 is 0 Å². The van der Waals surface area contributed by atoms with Gasteiger partial charge in [0.15, 0.2) is 18.0 Å². The van der Waals surface area contributed by atoms with E-state index in [-0.39, 0.29) is 17.0 Å². The van der Waals surface area contributed by atoms with Gasteiger partial charge in [-0.1, -0.05) is 65.7 Å². The monoisotopic (exact) mass is 679 g/mol. The molecule has 0 aliphatic carbocycles. The van der Waals surface area contributed by atoms with Crippen LogP contribution in [0.2, 0.25) is 0 Å². The molecule has 52 heavy (non-hydrogen) atoms. The average Bonchev–Trinajstić information content (AvgIpc) is 3.77. The van der Waals surface area contributed by atoms with E-state index in [1.54, 1.807) is 36.4 Å². The number of fused-ring (bicyclic) bond motifs is 14. The first kappa shape index (κ1) is 26.9. The molecule has 0 amide bonds. The molecule has 4 heteroatoms. The van der Waals surface area contributed by atoms with Crippen LogP contribution < -0.4 is 9.13 Å². The molecule has 1 unspecified atom stereocenters. The Kier molecular flexibility index (Phi) is 5.72. The average molecular weight is 680 g/mol. The summed E-state index contributed by atoms with van der Waals surface area (Å²) in [6.45, 7) is 13.0. The van der Waals surface area contributed by atoms with Crippen LogP contribution in [0.1, 0.15) is 61.2 Å². The minimum atomic E-state index is -2.45. The maximum atomic E-state index is 9.07. The normalized spacial score (nSPS) is 17.0. The van der Waals surface area contributed by atoms with Crippen molar-refractivity contribution in [2.75, 3.05) is 0 Å². The largest absolute Gasteiger partial charge is 0.437 e. The van der Waals surface area contributed by atoms with E-state index in [1.165, 1.54) is 44.5 Å². The Morgan fingerprint density at radius 3 is 2.13 bits per heavy atom. The molecule has 2 aliphatic rings. The van der Waals surface area contributed by atoms with Crippen molar-refractivity contribution in [3.8, 4) is 33.6 Å². The van der Waals surface area contributed by atoms with Crippen LogP contribution in [0.3, 0.4) is 0 Å². The molecule has 6 heterocycles. The molecule has 1 atom stereocenters. The van der Waals surface area contributed by atoms with Crippen LogP contribution in [-0.2, 0) is 18.4 Å². The Bertz CT molecular complexity index is 3000. The van der Waals surface area contributed by atoms with E-state index in [1.807, 2.05) is 6.07 Å². The molecular formula is C48H41N3O+2. The number of pyridine rings is 3. The van der Waals surface area contributed by atoms with E-state index in [4.69, 9.17) is 14.9 Å². The lowest BCUT2D eigenvalue weighted by Gasteiger charge is -2.19. The minimum absolute atomic E-state index is 0.0240. The summed E-state index contributed by atoms with van der Waals surface area (Å²) in [5, 5.41) is 1.62. The third-order valence-electron chi connectivity index (χ3n) is 11.3. The fraction of sp³-hybridized carbons (Fsp3) is 0.188. The van der Waals surface area contributed by atoms with Gasteiger partial charge in [-0.15, -0.1) is 9.13 Å². The molecule has 252 valence electrons. The summed E-state index contributed by atoms with van der Waals surface area (Å²) in [5.74, 6) is 0. The Balaban J connectivity index is 1.29. The summed E-state index contributed by atoms with van der Waals surface area (Å²) in [5.41, 5.74) is 16.5. The molecule has 0 fully saturated rings. The van der Waals surface area contributed by atoms with Crippen LogP contribution in [0.5, 0.6) is 0 Å². The highest BCUT2D eigenvalue weighted by atomic mass is 16.3. The van der Waals surface area contributed by atoms with Crippen molar-refractivity contribution >= 4 is 22.1 Å². The van der Waals surface area contributed by atoms with Gasteiger partial charge < -0.3 is 4.42 Å². The maximum absolute atomic E-state index is 9.07. The van der Waals surface area contributed by atoms with Gasteiger partial charge in [0.05, 0.1) is 5.56 Å². The van der Waals surface area contributed by atoms with E-state index in [9.17, 15) is 0 Å². The second-order valence-electron chi connectivity index (χ2n) is 14.7. The third kappa shape index (κ3) is 4.24. The van der Waals surface area contributed by atoms with Crippen molar-refractivity contribution in [1.29, 1.82) is 0 Å². The molecule has 4 aromatic carbocycles. The highest BCUT2D eigenvalue weighted by Crippen LogP contribution is 2.51. The van der Waals surface area contributed by atoms with Gasteiger partial charge in [0.2, 0.25) is 17.1 Å². The standard InChI is InChI=1S/C48H41N3O/c1-28-12-17-36(31(4)22-28)40-25-44-45-41(21-20-37-38-19-16-35(49-47(38)52-46(37)45)15-14-34-10-8-7-9-11-34)48(51(44)27-33(40)6)42-23-29(2)13-18-39(42)43-24-30(3)32(5)26-50(43)48/h7-13,16-27H,14-15H2,1-6H3/q+2/i14D2,15D2. The highest BCUT2D eigenvalue weighted by molar-refractivity contribution is 6.09. The van der Waals surface area contributed by atoms with Crippen molar-refractivity contribution in [1.82, 2.24) is 4.98 Å². The predicted octanol–water partition coefficient (Wildman–Crippen LogP) is 10.1. The van der Waals surface area contributed by atoms with Gasteiger partial charge in [-0.3, -0.25) is 0 Å². The van der Waals surface area contributed by atoms with Crippen molar-refractivity contribution < 1.29 is 19.0 Å². The van der Waals surface area contributed by atoms with Gasteiger partial charge >= 0.3 is 5.66 Å². The smallest absolute Gasteiger partial charge is 0.417 e. The SMILES string of the molecule is [2H]C([2H])(c1ccccc1)C([2H])([2H])c1ccc2c(n1)oc1c3c(ccc12)C1(c2cc(C)ccc2-c2cc(C)c(C)c[n+]21)[n+]1cc(C)c(-c2ccc(C)cc2C)cc1-3. The van der Waals surface area contributed by atoms with Gasteiger partial charge in [-0.05, 0) is 119 Å². The summed E-state index contributed by atoms with van der Waals surface area (Å²) >= 11 is 0. The molecule has 0 N–H and O–H groups in total. The number of aromatic nitrogens is 3. The van der Waals surface area contributed by atoms with Gasteiger partial charge in [0, 0.05) is 45.2 Å². The van der Waals surface area contributed by atoms with Crippen LogP contribution in [0.4, 0.5) is 0 Å². The molecule has 0 saturated heterocycles. The Labute approximate surface area is 310 Å². The van der Waals surface area contributed by atoms with Crippen molar-refractivity contribution in [2.24, 2.45) is 0 Å². The van der Waals surface area contributed by atoms with Crippen LogP contribution in [0.25, 0.3) is 55.7 Å². The third-order valence-corrected chi connectivity index (χ3v) is 11.3. The van der Waals surface area contributed by atoms with Gasteiger partial charge in [0.1, 0.15) is 16.7 Å². The van der Waals surface area contributed by atoms with E-state index in [0.717, 1.165) is 44.4 Å². The predicted molar refractivity (Wildman–Crippen MR) is 209 cm³/mol. The van der Waals surface area contributed by atoms with E-state index in [2.05, 4.69) is 124 Å². The number of aryl methyl sites for hydroxylation is 8. The summed E-state index contributed by atoms with van der Waals surface area (Å²) in [7, 11) is 0. The van der Waals surface area contributed by atoms with Crippen molar-refractivity contribution in [3.05, 3.63) is 171 Å². The van der Waals surface area contributed by atoms with Crippen molar-refractivity contribution in [2.45, 2.75) is 60.0 Å².